The fourth-order valence-electron chi connectivity index (χ4n) is 2.51. The summed E-state index contributed by atoms with van der Waals surface area (Å²) >= 11 is 0. The smallest absolute Gasteiger partial charge is 0.229 e. The third kappa shape index (κ3) is 5.50. The van der Waals surface area contributed by atoms with Crippen molar-refractivity contribution in [2.24, 2.45) is 0 Å². The molecule has 0 unspecified atom stereocenters. The minimum absolute atomic E-state index is 0.117. The van der Waals surface area contributed by atoms with E-state index in [0.717, 1.165) is 11.4 Å². The quantitative estimate of drug-likeness (QED) is 0.590. The van der Waals surface area contributed by atoms with Crippen molar-refractivity contribution < 1.29 is 9.18 Å². The molecule has 1 aromatic heterocycles. The van der Waals surface area contributed by atoms with Gasteiger partial charge in [0.1, 0.15) is 11.6 Å². The van der Waals surface area contributed by atoms with Gasteiger partial charge < -0.3 is 16.0 Å². The van der Waals surface area contributed by atoms with Crippen LogP contribution in [0.4, 0.5) is 27.5 Å². The largest absolute Gasteiger partial charge is 0.370 e. The standard InChI is InChI=1S/C20H20FN5O/c1-14(27)24-16-6-8-17(9-7-16)25-20-23-13-11-19(26-20)22-12-10-15-4-2-3-5-18(15)21/h2-9,11,13H,10,12H2,1H3,(H,24,27)(H2,22,23,25,26). The van der Waals surface area contributed by atoms with Crippen LogP contribution in [-0.4, -0.2) is 22.4 Å². The van der Waals surface area contributed by atoms with Gasteiger partial charge in [-0.15, -0.1) is 0 Å². The van der Waals surface area contributed by atoms with Crippen LogP contribution in [0.3, 0.4) is 0 Å². The summed E-state index contributed by atoms with van der Waals surface area (Å²) in [5.41, 5.74) is 2.18. The van der Waals surface area contributed by atoms with E-state index in [1.165, 1.54) is 13.0 Å². The monoisotopic (exact) mass is 365 g/mol. The Morgan fingerprint density at radius 1 is 1.04 bits per heavy atom. The van der Waals surface area contributed by atoms with E-state index in [4.69, 9.17) is 0 Å². The predicted octanol–water partition coefficient (Wildman–Crippen LogP) is 3.97. The Hall–Kier alpha value is -3.48. The second-order valence-corrected chi connectivity index (χ2v) is 5.92. The molecule has 0 atom stereocenters. The van der Waals surface area contributed by atoms with Gasteiger partial charge in [0.25, 0.3) is 0 Å². The zero-order valence-electron chi connectivity index (χ0n) is 14.9. The van der Waals surface area contributed by atoms with Crippen molar-refractivity contribution in [3.8, 4) is 0 Å². The highest BCUT2D eigenvalue weighted by Gasteiger charge is 2.03. The first-order valence-corrected chi connectivity index (χ1v) is 8.55. The summed E-state index contributed by atoms with van der Waals surface area (Å²) in [5.74, 6) is 0.775. The molecule has 0 saturated carbocycles. The molecule has 3 aromatic rings. The highest BCUT2D eigenvalue weighted by atomic mass is 19.1. The molecule has 7 heteroatoms. The summed E-state index contributed by atoms with van der Waals surface area (Å²) in [6, 6.07) is 15.7. The normalized spacial score (nSPS) is 10.3. The summed E-state index contributed by atoms with van der Waals surface area (Å²) in [6.07, 6.45) is 2.20. The van der Waals surface area contributed by atoms with Gasteiger partial charge in [-0.2, -0.15) is 4.98 Å². The molecule has 0 spiro atoms. The van der Waals surface area contributed by atoms with Crippen molar-refractivity contribution in [1.82, 2.24) is 9.97 Å². The molecule has 1 heterocycles. The van der Waals surface area contributed by atoms with Crippen LogP contribution in [0.1, 0.15) is 12.5 Å². The van der Waals surface area contributed by atoms with E-state index in [1.807, 2.05) is 18.2 Å². The van der Waals surface area contributed by atoms with Crippen LogP contribution in [0, 0.1) is 5.82 Å². The molecular formula is C20H20FN5O. The molecule has 6 nitrogen and oxygen atoms in total. The lowest BCUT2D eigenvalue weighted by atomic mass is 10.1. The minimum Gasteiger partial charge on any atom is -0.370 e. The van der Waals surface area contributed by atoms with Crippen molar-refractivity contribution in [1.29, 1.82) is 0 Å². The third-order valence-electron chi connectivity index (χ3n) is 3.78. The number of halogens is 1. The van der Waals surface area contributed by atoms with E-state index >= 15 is 0 Å². The molecule has 2 aromatic carbocycles. The fraction of sp³-hybridized carbons (Fsp3) is 0.150. The van der Waals surface area contributed by atoms with E-state index in [-0.39, 0.29) is 11.7 Å². The first kappa shape index (κ1) is 18.3. The topological polar surface area (TPSA) is 78.9 Å². The molecule has 0 saturated heterocycles. The molecule has 0 bridgehead atoms. The molecule has 1 amide bonds. The fourth-order valence-corrected chi connectivity index (χ4v) is 2.51. The maximum Gasteiger partial charge on any atom is 0.229 e. The lowest BCUT2D eigenvalue weighted by molar-refractivity contribution is -0.114. The number of benzene rings is 2. The Bertz CT molecular complexity index is 914. The summed E-state index contributed by atoms with van der Waals surface area (Å²) in [4.78, 5) is 19.6. The SMILES string of the molecule is CC(=O)Nc1ccc(Nc2nccc(NCCc3ccccc3F)n2)cc1. The van der Waals surface area contributed by atoms with Gasteiger partial charge in [0, 0.05) is 31.0 Å². The molecule has 0 fully saturated rings. The highest BCUT2D eigenvalue weighted by Crippen LogP contribution is 2.17. The number of amides is 1. The van der Waals surface area contributed by atoms with Gasteiger partial charge in [0.15, 0.2) is 0 Å². The van der Waals surface area contributed by atoms with E-state index in [9.17, 15) is 9.18 Å². The first-order chi connectivity index (χ1) is 13.1. The molecule has 0 aliphatic carbocycles. The van der Waals surface area contributed by atoms with Gasteiger partial charge in [0.05, 0.1) is 0 Å². The number of carbonyl (C=O) groups excluding carboxylic acids is 1. The molecule has 3 N–H and O–H groups in total. The molecular weight excluding hydrogens is 345 g/mol. The predicted molar refractivity (Wildman–Crippen MR) is 105 cm³/mol. The Labute approximate surface area is 156 Å². The van der Waals surface area contributed by atoms with Crippen LogP contribution in [0.25, 0.3) is 0 Å². The number of nitrogens with zero attached hydrogens (tertiary/aromatic N) is 2. The highest BCUT2D eigenvalue weighted by molar-refractivity contribution is 5.88. The number of hydrogen-bond donors (Lipinski definition) is 3. The maximum absolute atomic E-state index is 13.6. The maximum atomic E-state index is 13.6. The average Bonchev–Trinajstić information content (AvgIpc) is 2.65. The summed E-state index contributed by atoms with van der Waals surface area (Å²) < 4.78 is 13.6. The Morgan fingerprint density at radius 2 is 1.78 bits per heavy atom. The van der Waals surface area contributed by atoms with Gasteiger partial charge >= 0.3 is 0 Å². The molecule has 3 rings (SSSR count). The van der Waals surface area contributed by atoms with Crippen LogP contribution < -0.4 is 16.0 Å². The molecule has 0 radical (unpaired) electrons. The van der Waals surface area contributed by atoms with Gasteiger partial charge in [-0.3, -0.25) is 4.79 Å². The summed E-state index contributed by atoms with van der Waals surface area (Å²) in [7, 11) is 0. The van der Waals surface area contributed by atoms with Crippen molar-refractivity contribution in [2.45, 2.75) is 13.3 Å². The molecule has 27 heavy (non-hydrogen) atoms. The number of anilines is 4. The zero-order valence-corrected chi connectivity index (χ0v) is 14.9. The minimum atomic E-state index is -0.202. The molecule has 138 valence electrons. The molecule has 0 aliphatic rings. The third-order valence-corrected chi connectivity index (χ3v) is 3.78. The van der Waals surface area contributed by atoms with Crippen molar-refractivity contribution in [3.05, 3.63) is 72.2 Å². The Balaban J connectivity index is 1.57. The summed E-state index contributed by atoms with van der Waals surface area (Å²) in [6.45, 7) is 2.02. The van der Waals surface area contributed by atoms with Crippen LogP contribution >= 0.6 is 0 Å². The van der Waals surface area contributed by atoms with Gasteiger partial charge in [-0.1, -0.05) is 18.2 Å². The van der Waals surface area contributed by atoms with Crippen LogP contribution in [0.15, 0.2) is 60.8 Å². The zero-order chi connectivity index (χ0) is 19.1. The average molecular weight is 365 g/mol. The van der Waals surface area contributed by atoms with Crippen molar-refractivity contribution in [3.63, 3.8) is 0 Å². The first-order valence-electron chi connectivity index (χ1n) is 8.55. The van der Waals surface area contributed by atoms with Crippen LogP contribution in [0.5, 0.6) is 0 Å². The van der Waals surface area contributed by atoms with Gasteiger partial charge in [0.2, 0.25) is 11.9 Å². The second kappa shape index (κ2) is 8.75. The molecule has 0 aliphatic heterocycles. The van der Waals surface area contributed by atoms with E-state index in [0.29, 0.717) is 30.3 Å². The van der Waals surface area contributed by atoms with Gasteiger partial charge in [-0.05, 0) is 48.4 Å². The van der Waals surface area contributed by atoms with Crippen LogP contribution in [-0.2, 0) is 11.2 Å². The van der Waals surface area contributed by atoms with E-state index in [1.54, 1.807) is 36.5 Å². The summed E-state index contributed by atoms with van der Waals surface area (Å²) in [5, 5.41) is 8.99. The number of rotatable bonds is 7. The van der Waals surface area contributed by atoms with E-state index < -0.39 is 0 Å². The Kier molecular flexibility index (Phi) is 5.94. The lowest BCUT2D eigenvalue weighted by Crippen LogP contribution is -2.08. The Morgan fingerprint density at radius 3 is 2.52 bits per heavy atom. The van der Waals surface area contributed by atoms with Crippen molar-refractivity contribution >= 4 is 29.0 Å². The number of hydrogen-bond acceptors (Lipinski definition) is 5. The number of nitrogens with one attached hydrogen (secondary N) is 3. The number of carbonyl (C=O) groups is 1. The van der Waals surface area contributed by atoms with Gasteiger partial charge in [-0.25, -0.2) is 9.37 Å². The lowest BCUT2D eigenvalue weighted by Gasteiger charge is -2.09. The second-order valence-electron chi connectivity index (χ2n) is 5.92. The van der Waals surface area contributed by atoms with E-state index in [2.05, 4.69) is 25.9 Å². The van der Waals surface area contributed by atoms with Crippen molar-refractivity contribution in [2.75, 3.05) is 22.5 Å². The number of aromatic nitrogens is 2. The van der Waals surface area contributed by atoms with Crippen LogP contribution in [0.2, 0.25) is 0 Å².